The van der Waals surface area contributed by atoms with Crippen molar-refractivity contribution in [2.24, 2.45) is 173 Å². The van der Waals surface area contributed by atoms with Crippen molar-refractivity contribution in [3.05, 3.63) is 35.9 Å². The van der Waals surface area contributed by atoms with Crippen molar-refractivity contribution in [2.45, 2.75) is 691 Å². The van der Waals surface area contributed by atoms with Gasteiger partial charge in [0.25, 0.3) is 0 Å². The number of rotatable bonds is 43. The van der Waals surface area contributed by atoms with Gasteiger partial charge in [-0.15, -0.1) is 0 Å². The average molecular weight is 2060 g/mol. The van der Waals surface area contributed by atoms with Crippen molar-refractivity contribution in [2.75, 3.05) is 32.8 Å². The van der Waals surface area contributed by atoms with E-state index in [0.29, 0.717) is 126 Å². The Morgan fingerprint density at radius 3 is 0.630 bits per heavy atom. The molecule has 2 nitrogen and oxygen atoms in total. The molecule has 0 saturated carbocycles. The van der Waals surface area contributed by atoms with Gasteiger partial charge in [-0.05, 0) is 352 Å². The molecule has 2 heteroatoms. The smallest absolute Gasteiger partial charge is 0.0523 e. The lowest BCUT2D eigenvalue weighted by molar-refractivity contribution is -0.0555. The third-order valence-corrected chi connectivity index (χ3v) is 26.7. The molecule has 1 rings (SSSR count). The lowest BCUT2D eigenvalue weighted by Gasteiger charge is -2.45. The van der Waals surface area contributed by atoms with Crippen molar-refractivity contribution in [3.8, 4) is 0 Å². The molecule has 0 aliphatic rings. The topological polar surface area (TPSA) is 12.5 Å². The Morgan fingerprint density at radius 2 is 0.438 bits per heavy atom. The van der Waals surface area contributed by atoms with Crippen molar-refractivity contribution < 1.29 is 4.74 Å². The molecule has 0 spiro atoms. The Bertz CT molecular complexity index is 2960. The molecular weight excluding hydrogens is 1760 g/mol. The molecule has 0 unspecified atom stereocenters. The minimum absolute atomic E-state index is 0.291. The van der Waals surface area contributed by atoms with Gasteiger partial charge in [0.05, 0.1) is 13.2 Å². The van der Waals surface area contributed by atoms with Crippen LogP contribution in [0.3, 0.4) is 0 Å². The molecule has 888 valence electrons. The summed E-state index contributed by atoms with van der Waals surface area (Å²) in [5.74, 6) is 8.49. The number of benzene rings is 1. The zero-order valence-corrected chi connectivity index (χ0v) is 117. The summed E-state index contributed by atoms with van der Waals surface area (Å²) < 4.78 is 6.82. The Labute approximate surface area is 936 Å². The van der Waals surface area contributed by atoms with Gasteiger partial charge in [0.2, 0.25) is 0 Å². The van der Waals surface area contributed by atoms with Crippen LogP contribution in [0.5, 0.6) is 0 Å². The highest BCUT2D eigenvalue weighted by Crippen LogP contribution is 2.53. The van der Waals surface area contributed by atoms with Crippen molar-refractivity contribution in [1.29, 1.82) is 0 Å². The molecule has 0 aliphatic heterocycles. The van der Waals surface area contributed by atoms with Crippen LogP contribution in [0.4, 0.5) is 0 Å². The normalized spacial score (nSPS) is 13.8. The molecule has 1 aromatic carbocycles. The molecule has 0 bridgehead atoms. The van der Waals surface area contributed by atoms with Gasteiger partial charge < -0.3 is 9.64 Å². The van der Waals surface area contributed by atoms with E-state index in [1.165, 1.54) is 205 Å². The van der Waals surface area contributed by atoms with Crippen molar-refractivity contribution in [3.63, 3.8) is 0 Å². The van der Waals surface area contributed by atoms with Crippen LogP contribution >= 0.6 is 0 Å². The number of unbranched alkanes of at least 4 members (excludes halogenated alkanes) is 2. The standard InChI is InChI=1S/C29H60O.C19H40.C18H39N.C16H34.C15H32.2C13H28.C10H14.C9H20.C2H6/c1-22(2)14-28(15-23(3)4,16-24(5)6)20-30-21-29(17-25(7)8,18-26(9)10)19-27(11,12)13;1-15(2)11-19(12-16(3)4,13-17(5,6)7)14-18(8,9)10;1-16(2,3)10-13-19(14-11-17(4,5)6)15-12-18(7,8)9;1-9-16(10-13(2)3,11-14(4)5)12-15(6,7)8;1-13(2,3)10-12(15(7,8)9)11-14(4,5)6;1-11(2,3)9-13(7,8)10-12(4,5)6;1-12(2,3)10-8-7-9-11-13(4,5)6;1-10(2,3)9-7-5-4-6-8-9;1-8(2)6-7-9(3,4)5;1-2/h22-26H,14-21H2,1-13H3;15-16H,11-14H2,1-10H3;10-15H2,1-9H3;13-14H,9-12H2,1-8H3;12H,10-11H2,1-9H3;9-10H2,1-8H3;7-11H2,1-6H3;4-8H,1-3H3;8H,6-7H2,1-5H3;1-2H3. The highest BCUT2D eigenvalue weighted by Gasteiger charge is 2.43. The Hall–Kier alpha value is -0.860. The lowest BCUT2D eigenvalue weighted by Crippen LogP contribution is -2.38. The summed E-state index contributed by atoms with van der Waals surface area (Å²) in [7, 11) is 0. The van der Waals surface area contributed by atoms with Gasteiger partial charge in [0.15, 0.2) is 0 Å². The summed E-state index contributed by atoms with van der Waals surface area (Å²) >= 11 is 0. The van der Waals surface area contributed by atoms with E-state index in [-0.39, 0.29) is 0 Å². The minimum Gasteiger partial charge on any atom is -0.380 e. The molecule has 0 fully saturated rings. The molecule has 0 heterocycles. The van der Waals surface area contributed by atoms with Crippen LogP contribution in [0, 0.1) is 173 Å². The largest absolute Gasteiger partial charge is 0.380 e. The first-order valence-electron chi connectivity index (χ1n) is 62.4. The SMILES string of the molecule is CC.CC(C)(C)CC(C)(C)CC(C)(C)C.CC(C)(C)CC(CC(C)(C)C)C(C)(C)C.CC(C)(C)CCCCCC(C)(C)C.CC(C)(C)CCN(CCC(C)(C)C)CCC(C)(C)C.CC(C)(C)c1ccccc1.CC(C)CC(CC(C)C)(CC(C)(C)C)CC(C)(C)C.CC(C)CC(COCC(CC(C)C)(CC(C)C)CC(C)(C)C)(CC(C)C)CC(C)C.CC(C)CCC(C)(C)C.CCC(CC(C)C)(CC(C)C)CC(C)(C)C. The zero-order valence-electron chi connectivity index (χ0n) is 117. The maximum Gasteiger partial charge on any atom is 0.0523 e. The first-order valence-corrected chi connectivity index (χ1v) is 62.4. The number of ether oxygens (including phenoxy) is 1. The van der Waals surface area contributed by atoms with Crippen LogP contribution in [0.1, 0.15) is 691 Å². The summed E-state index contributed by atoms with van der Waals surface area (Å²) in [6.45, 7) is 177. The predicted molar refractivity (Wildman–Crippen MR) is 686 cm³/mol. The number of nitrogens with zero attached hydrogens (tertiary/aromatic N) is 1. The summed E-state index contributed by atoms with van der Waals surface area (Å²) in [6, 6.07) is 10.6. The fourth-order valence-corrected chi connectivity index (χ4v) is 24.7. The Kier molecular flexibility index (Phi) is 79.8. The minimum atomic E-state index is 0.291. The summed E-state index contributed by atoms with van der Waals surface area (Å²) in [5.41, 5.74) is 10.7. The van der Waals surface area contributed by atoms with E-state index in [2.05, 4.69) is 527 Å². The molecule has 0 amide bonds. The predicted octanol–water partition coefficient (Wildman–Crippen LogP) is 51.0. The van der Waals surface area contributed by atoms with E-state index in [1.807, 2.05) is 13.8 Å². The molecule has 0 saturated heterocycles. The fraction of sp³-hybridized carbons (Fsp3) is 0.958. The van der Waals surface area contributed by atoms with Crippen LogP contribution < -0.4 is 0 Å². The molecule has 1 aromatic rings. The average Bonchev–Trinajstić information content (AvgIpc) is 0.810. The third kappa shape index (κ3) is 120. The second kappa shape index (κ2) is 71.6. The van der Waals surface area contributed by atoms with Crippen LogP contribution in [0.15, 0.2) is 30.3 Å². The molecule has 0 aromatic heterocycles. The van der Waals surface area contributed by atoms with E-state index < -0.39 is 0 Å². The van der Waals surface area contributed by atoms with Gasteiger partial charge in [-0.1, -0.05) is 568 Å². The monoisotopic (exact) mass is 2060 g/mol. The lowest BCUT2D eigenvalue weighted by atomic mass is 9.60. The highest BCUT2D eigenvalue weighted by molar-refractivity contribution is 5.22. The quantitative estimate of drug-likeness (QED) is 0.0604. The summed E-state index contributed by atoms with van der Waals surface area (Å²) in [6.07, 6.45) is 37.4. The van der Waals surface area contributed by atoms with E-state index >= 15 is 0 Å². The van der Waals surface area contributed by atoms with E-state index in [9.17, 15) is 0 Å². The first kappa shape index (κ1) is 163. The van der Waals surface area contributed by atoms with Gasteiger partial charge >= 0.3 is 0 Å². The second-order valence-electron chi connectivity index (χ2n) is 73.0. The van der Waals surface area contributed by atoms with Gasteiger partial charge in [-0.25, -0.2) is 0 Å². The third-order valence-electron chi connectivity index (χ3n) is 26.7. The number of hydrogen-bond acceptors (Lipinski definition) is 2. The van der Waals surface area contributed by atoms with Crippen LogP contribution in [-0.4, -0.2) is 37.7 Å². The van der Waals surface area contributed by atoms with Crippen LogP contribution in [0.2, 0.25) is 0 Å². The fourth-order valence-electron chi connectivity index (χ4n) is 24.7. The summed E-state index contributed by atoms with van der Waals surface area (Å²) in [5, 5.41) is 0. The maximum atomic E-state index is 6.82. The van der Waals surface area contributed by atoms with Gasteiger partial charge in [-0.2, -0.15) is 0 Å². The summed E-state index contributed by atoms with van der Waals surface area (Å²) in [4.78, 5) is 2.68. The second-order valence-corrected chi connectivity index (χ2v) is 73.0. The zero-order chi connectivity index (χ0) is 119. The maximum absolute atomic E-state index is 6.82. The van der Waals surface area contributed by atoms with Crippen molar-refractivity contribution >= 4 is 0 Å². The molecule has 0 aliphatic carbocycles. The number of hydrogen-bond donors (Lipinski definition) is 0. The Morgan fingerprint density at radius 1 is 0.219 bits per heavy atom. The van der Waals surface area contributed by atoms with Crippen LogP contribution in [0.25, 0.3) is 0 Å². The molecule has 0 atom stereocenters. The van der Waals surface area contributed by atoms with Gasteiger partial charge in [0.1, 0.15) is 0 Å². The molecule has 0 radical (unpaired) electrons. The molecular formula is C144H301NO. The van der Waals surface area contributed by atoms with E-state index in [4.69, 9.17) is 4.74 Å². The molecule has 0 N–H and O–H groups in total. The van der Waals surface area contributed by atoms with Gasteiger partial charge in [-0.3, -0.25) is 0 Å². The Balaban J connectivity index is -0.000000210. The van der Waals surface area contributed by atoms with E-state index in [1.54, 1.807) is 0 Å². The first-order chi connectivity index (χ1) is 64.1. The van der Waals surface area contributed by atoms with Gasteiger partial charge in [0, 0.05) is 0 Å². The van der Waals surface area contributed by atoms with Crippen molar-refractivity contribution in [1.82, 2.24) is 4.90 Å². The van der Waals surface area contributed by atoms with E-state index in [0.717, 1.165) is 66.5 Å². The molecule has 146 heavy (non-hydrogen) atoms. The van der Waals surface area contributed by atoms with Crippen LogP contribution in [-0.2, 0) is 10.2 Å². The highest BCUT2D eigenvalue weighted by atomic mass is 16.5.